The molecule has 0 radical (unpaired) electrons. The van der Waals surface area contributed by atoms with Crippen molar-refractivity contribution in [1.29, 1.82) is 0 Å². The Hall–Kier alpha value is -2.74. The molecule has 1 aromatic carbocycles. The van der Waals surface area contributed by atoms with E-state index in [4.69, 9.17) is 0 Å². The normalized spacial score (nSPS) is 27.7. The number of hydrogen-bond donors (Lipinski definition) is 3. The molecule has 4 rings (SSSR count). The van der Waals surface area contributed by atoms with E-state index in [-0.39, 0.29) is 18.7 Å². The molecule has 3 unspecified atom stereocenters. The average molecular weight is 370 g/mol. The minimum Gasteiger partial charge on any atom is -0.383 e. The standard InChI is InChI=1S/C19H22N4O4/c1-10-6-7-20-14(10)9-21-11-2-3-12-13(8-11)19(27)23(18(12)26)15-4-5-16(24)22-17(15)25/h2-3,8,10,14-15,20-21H,4-7,9H2,1H3,(H,22,24,25). The van der Waals surface area contributed by atoms with Crippen LogP contribution < -0.4 is 16.0 Å². The lowest BCUT2D eigenvalue weighted by atomic mass is 10.0. The van der Waals surface area contributed by atoms with Crippen LogP contribution >= 0.6 is 0 Å². The van der Waals surface area contributed by atoms with E-state index in [1.807, 2.05) is 0 Å². The second-order valence-corrected chi connectivity index (χ2v) is 7.42. The molecule has 0 saturated carbocycles. The monoisotopic (exact) mass is 370 g/mol. The molecule has 3 aliphatic heterocycles. The van der Waals surface area contributed by atoms with Gasteiger partial charge in [-0.3, -0.25) is 29.4 Å². The van der Waals surface area contributed by atoms with Crippen molar-refractivity contribution in [3.8, 4) is 0 Å². The second kappa shape index (κ2) is 6.77. The van der Waals surface area contributed by atoms with E-state index >= 15 is 0 Å². The van der Waals surface area contributed by atoms with Crippen LogP contribution in [0.4, 0.5) is 5.69 Å². The van der Waals surface area contributed by atoms with Crippen molar-refractivity contribution in [2.24, 2.45) is 5.92 Å². The molecule has 0 aromatic heterocycles. The van der Waals surface area contributed by atoms with Gasteiger partial charge in [0.1, 0.15) is 6.04 Å². The Labute approximate surface area is 156 Å². The first kappa shape index (κ1) is 17.7. The minimum atomic E-state index is -0.935. The Kier molecular flexibility index (Phi) is 4.43. The zero-order valence-electron chi connectivity index (χ0n) is 15.1. The van der Waals surface area contributed by atoms with E-state index in [1.165, 1.54) is 0 Å². The van der Waals surface area contributed by atoms with E-state index in [0.29, 0.717) is 23.1 Å². The molecular formula is C19H22N4O4. The van der Waals surface area contributed by atoms with Crippen LogP contribution in [0.5, 0.6) is 0 Å². The summed E-state index contributed by atoms with van der Waals surface area (Å²) in [5.41, 5.74) is 1.35. The third kappa shape index (κ3) is 3.10. The fourth-order valence-corrected chi connectivity index (χ4v) is 3.98. The quantitative estimate of drug-likeness (QED) is 0.666. The van der Waals surface area contributed by atoms with Gasteiger partial charge >= 0.3 is 0 Å². The molecule has 4 amide bonds. The van der Waals surface area contributed by atoms with Crippen molar-refractivity contribution in [3.05, 3.63) is 29.3 Å². The molecule has 3 N–H and O–H groups in total. The van der Waals surface area contributed by atoms with Gasteiger partial charge < -0.3 is 10.6 Å². The maximum absolute atomic E-state index is 12.8. The Morgan fingerprint density at radius 3 is 2.59 bits per heavy atom. The molecule has 142 valence electrons. The highest BCUT2D eigenvalue weighted by atomic mass is 16.2. The molecule has 27 heavy (non-hydrogen) atoms. The number of hydrogen-bond acceptors (Lipinski definition) is 6. The van der Waals surface area contributed by atoms with Gasteiger partial charge in [0.05, 0.1) is 11.1 Å². The highest BCUT2D eigenvalue weighted by Crippen LogP contribution is 2.29. The predicted octanol–water partition coefficient (Wildman–Crippen LogP) is 0.498. The van der Waals surface area contributed by atoms with E-state index in [2.05, 4.69) is 22.9 Å². The second-order valence-electron chi connectivity index (χ2n) is 7.42. The van der Waals surface area contributed by atoms with Crippen LogP contribution in [-0.2, 0) is 9.59 Å². The molecule has 0 spiro atoms. The van der Waals surface area contributed by atoms with Crippen LogP contribution in [0, 0.1) is 5.92 Å². The van der Waals surface area contributed by atoms with Crippen molar-refractivity contribution >= 4 is 29.3 Å². The first-order valence-electron chi connectivity index (χ1n) is 9.28. The summed E-state index contributed by atoms with van der Waals surface area (Å²) in [5.74, 6) is -1.37. The van der Waals surface area contributed by atoms with Crippen molar-refractivity contribution in [3.63, 3.8) is 0 Å². The fraction of sp³-hybridized carbons (Fsp3) is 0.474. The van der Waals surface area contributed by atoms with Gasteiger partial charge in [0, 0.05) is 24.7 Å². The third-order valence-electron chi connectivity index (χ3n) is 5.66. The highest BCUT2D eigenvalue weighted by molar-refractivity contribution is 6.23. The Morgan fingerprint density at radius 1 is 1.11 bits per heavy atom. The molecule has 1 aromatic rings. The Balaban J connectivity index is 1.51. The van der Waals surface area contributed by atoms with Gasteiger partial charge in [0.2, 0.25) is 11.8 Å². The topological polar surface area (TPSA) is 108 Å². The first-order valence-corrected chi connectivity index (χ1v) is 9.28. The van der Waals surface area contributed by atoms with Gasteiger partial charge in [0.25, 0.3) is 11.8 Å². The number of imide groups is 2. The summed E-state index contributed by atoms with van der Waals surface area (Å²) in [6, 6.07) is 4.50. The van der Waals surface area contributed by atoms with Gasteiger partial charge in [0.15, 0.2) is 0 Å². The van der Waals surface area contributed by atoms with Crippen LogP contribution in [0.25, 0.3) is 0 Å². The molecule has 3 atom stereocenters. The number of piperidine rings is 1. The van der Waals surface area contributed by atoms with Gasteiger partial charge in [-0.1, -0.05) is 6.92 Å². The molecule has 2 saturated heterocycles. The number of fused-ring (bicyclic) bond motifs is 1. The zero-order valence-corrected chi connectivity index (χ0v) is 15.1. The summed E-state index contributed by atoms with van der Waals surface area (Å²) in [6.45, 7) is 3.94. The number of nitrogens with one attached hydrogen (secondary N) is 3. The molecule has 0 bridgehead atoms. The average Bonchev–Trinajstić information content (AvgIpc) is 3.15. The maximum Gasteiger partial charge on any atom is 0.262 e. The van der Waals surface area contributed by atoms with Crippen LogP contribution in [0.3, 0.4) is 0 Å². The van der Waals surface area contributed by atoms with Gasteiger partial charge in [-0.25, -0.2) is 0 Å². The number of rotatable bonds is 4. The maximum atomic E-state index is 12.8. The summed E-state index contributed by atoms with van der Waals surface area (Å²) in [5, 5.41) is 8.96. The predicted molar refractivity (Wildman–Crippen MR) is 97.2 cm³/mol. The van der Waals surface area contributed by atoms with Crippen molar-refractivity contribution in [2.75, 3.05) is 18.4 Å². The fourth-order valence-electron chi connectivity index (χ4n) is 3.98. The number of amides is 4. The lowest BCUT2D eigenvalue weighted by Crippen LogP contribution is -2.54. The number of nitrogens with zero attached hydrogens (tertiary/aromatic N) is 1. The van der Waals surface area contributed by atoms with Gasteiger partial charge in [-0.15, -0.1) is 0 Å². The third-order valence-corrected chi connectivity index (χ3v) is 5.66. The number of anilines is 1. The molecule has 3 aliphatic rings. The number of benzene rings is 1. The Bertz CT molecular complexity index is 837. The molecule has 2 fully saturated rings. The number of carbonyl (C=O) groups excluding carboxylic acids is 4. The highest BCUT2D eigenvalue weighted by Gasteiger charge is 2.44. The van der Waals surface area contributed by atoms with E-state index in [9.17, 15) is 19.2 Å². The molecule has 8 heteroatoms. The minimum absolute atomic E-state index is 0.114. The van der Waals surface area contributed by atoms with Crippen LogP contribution in [0.1, 0.15) is 46.9 Å². The lowest BCUT2D eigenvalue weighted by molar-refractivity contribution is -0.136. The molecular weight excluding hydrogens is 348 g/mol. The summed E-state index contributed by atoms with van der Waals surface area (Å²) < 4.78 is 0. The SMILES string of the molecule is CC1CCNC1CNc1ccc2c(c1)C(=O)N(C1CCC(=O)NC1=O)C2=O. The summed E-state index contributed by atoms with van der Waals surface area (Å²) in [6.07, 6.45) is 1.42. The molecule has 8 nitrogen and oxygen atoms in total. The number of carbonyl (C=O) groups is 4. The van der Waals surface area contributed by atoms with Crippen molar-refractivity contribution in [1.82, 2.24) is 15.5 Å². The van der Waals surface area contributed by atoms with Gasteiger partial charge in [-0.2, -0.15) is 0 Å². The Morgan fingerprint density at radius 2 is 1.89 bits per heavy atom. The van der Waals surface area contributed by atoms with E-state index in [1.54, 1.807) is 18.2 Å². The largest absolute Gasteiger partial charge is 0.383 e. The summed E-state index contributed by atoms with van der Waals surface area (Å²) >= 11 is 0. The lowest BCUT2D eigenvalue weighted by Gasteiger charge is -2.27. The zero-order chi connectivity index (χ0) is 19.1. The molecule has 3 heterocycles. The van der Waals surface area contributed by atoms with Crippen molar-refractivity contribution < 1.29 is 19.2 Å². The van der Waals surface area contributed by atoms with Crippen LogP contribution in [0.15, 0.2) is 18.2 Å². The smallest absolute Gasteiger partial charge is 0.262 e. The van der Waals surface area contributed by atoms with Crippen LogP contribution in [-0.4, -0.2) is 53.7 Å². The van der Waals surface area contributed by atoms with E-state index < -0.39 is 23.8 Å². The summed E-state index contributed by atoms with van der Waals surface area (Å²) in [7, 11) is 0. The van der Waals surface area contributed by atoms with Crippen LogP contribution in [0.2, 0.25) is 0 Å². The molecule has 0 aliphatic carbocycles. The first-order chi connectivity index (χ1) is 13.0. The van der Waals surface area contributed by atoms with Crippen molar-refractivity contribution in [2.45, 2.75) is 38.3 Å². The summed E-state index contributed by atoms with van der Waals surface area (Å²) in [4.78, 5) is 49.9. The van der Waals surface area contributed by atoms with Gasteiger partial charge in [-0.05, 0) is 43.5 Å². The van der Waals surface area contributed by atoms with E-state index in [0.717, 1.165) is 30.1 Å².